The summed E-state index contributed by atoms with van der Waals surface area (Å²) in [7, 11) is -3.68. The van der Waals surface area contributed by atoms with Gasteiger partial charge in [0.15, 0.2) is 0 Å². The van der Waals surface area contributed by atoms with Gasteiger partial charge in [0.25, 0.3) is 0 Å². The fraction of sp³-hybridized carbons (Fsp3) is 0.615. The number of pyridine rings is 1. The molecule has 0 saturated carbocycles. The van der Waals surface area contributed by atoms with Gasteiger partial charge in [0, 0.05) is 36.4 Å². The zero-order chi connectivity index (χ0) is 16.0. The molecule has 21 heavy (non-hydrogen) atoms. The van der Waals surface area contributed by atoms with Crippen LogP contribution >= 0.6 is 15.9 Å². The Morgan fingerprint density at radius 1 is 1.48 bits per heavy atom. The van der Waals surface area contributed by atoms with Crippen molar-refractivity contribution in [3.05, 3.63) is 16.7 Å². The fourth-order valence-corrected chi connectivity index (χ4v) is 4.23. The van der Waals surface area contributed by atoms with E-state index in [0.29, 0.717) is 23.3 Å². The number of aliphatic hydroxyl groups excluding tert-OH is 1. The van der Waals surface area contributed by atoms with E-state index >= 15 is 0 Å². The van der Waals surface area contributed by atoms with Crippen molar-refractivity contribution in [2.45, 2.75) is 38.1 Å². The summed E-state index contributed by atoms with van der Waals surface area (Å²) < 4.78 is 27.7. The highest BCUT2D eigenvalue weighted by Crippen LogP contribution is 2.27. The van der Waals surface area contributed by atoms with Gasteiger partial charge >= 0.3 is 0 Å². The summed E-state index contributed by atoms with van der Waals surface area (Å²) in [6, 6.07) is 1.35. The number of halogens is 1. The molecule has 0 unspecified atom stereocenters. The van der Waals surface area contributed by atoms with Gasteiger partial charge in [-0.05, 0) is 49.2 Å². The molecule has 0 aliphatic carbocycles. The second-order valence-corrected chi connectivity index (χ2v) is 7.59. The van der Waals surface area contributed by atoms with E-state index < -0.39 is 10.0 Å². The van der Waals surface area contributed by atoms with E-state index in [2.05, 4.69) is 26.2 Å². The van der Waals surface area contributed by atoms with Crippen molar-refractivity contribution in [1.29, 1.82) is 0 Å². The molecule has 6 nitrogen and oxygen atoms in total. The van der Waals surface area contributed by atoms with Crippen LogP contribution in [0.1, 0.15) is 27.2 Å². The Morgan fingerprint density at radius 3 is 2.67 bits per heavy atom. The molecule has 1 heterocycles. The normalized spacial score (nSPS) is 12.1. The van der Waals surface area contributed by atoms with E-state index in [0.717, 1.165) is 0 Å². The van der Waals surface area contributed by atoms with Gasteiger partial charge in [-0.3, -0.25) is 0 Å². The minimum absolute atomic E-state index is 0.0461. The van der Waals surface area contributed by atoms with Gasteiger partial charge < -0.3 is 10.4 Å². The molecule has 0 amide bonds. The maximum atomic E-state index is 12.9. The monoisotopic (exact) mass is 379 g/mol. The molecular formula is C13H22BrN3O3S. The fourth-order valence-electron chi connectivity index (χ4n) is 1.93. The quantitative estimate of drug-likeness (QED) is 0.722. The molecule has 0 bridgehead atoms. The van der Waals surface area contributed by atoms with Crippen LogP contribution in [0.15, 0.2) is 21.6 Å². The predicted octanol–water partition coefficient (Wildman–Crippen LogP) is 2.06. The first-order valence-electron chi connectivity index (χ1n) is 6.86. The topological polar surface area (TPSA) is 82.5 Å². The smallest absolute Gasteiger partial charge is 0.247 e. The maximum Gasteiger partial charge on any atom is 0.247 e. The number of rotatable bonds is 8. The van der Waals surface area contributed by atoms with Crippen molar-refractivity contribution in [2.75, 3.05) is 25.0 Å². The van der Waals surface area contributed by atoms with Crippen LogP contribution < -0.4 is 5.32 Å². The summed E-state index contributed by atoms with van der Waals surface area (Å²) in [5.74, 6) is 0.343. The molecule has 8 heteroatoms. The number of aliphatic hydroxyl groups is 1. The Kier molecular flexibility index (Phi) is 7.05. The van der Waals surface area contributed by atoms with Crippen molar-refractivity contribution < 1.29 is 13.5 Å². The van der Waals surface area contributed by atoms with E-state index in [-0.39, 0.29) is 24.1 Å². The van der Waals surface area contributed by atoms with Crippen LogP contribution in [0, 0.1) is 0 Å². The average molecular weight is 380 g/mol. The van der Waals surface area contributed by atoms with Crippen molar-refractivity contribution in [3.8, 4) is 0 Å². The molecule has 0 fully saturated rings. The van der Waals surface area contributed by atoms with Gasteiger partial charge in [-0.15, -0.1) is 0 Å². The lowest BCUT2D eigenvalue weighted by molar-refractivity contribution is 0.258. The Bertz CT molecular complexity index is 564. The molecule has 0 atom stereocenters. The van der Waals surface area contributed by atoms with Gasteiger partial charge in [-0.25, -0.2) is 13.4 Å². The summed E-state index contributed by atoms with van der Waals surface area (Å²) in [5, 5.41) is 11.9. The average Bonchev–Trinajstić information content (AvgIpc) is 2.40. The van der Waals surface area contributed by atoms with E-state index in [1.54, 1.807) is 12.3 Å². The highest BCUT2D eigenvalue weighted by molar-refractivity contribution is 9.10. The Morgan fingerprint density at radius 2 is 2.14 bits per heavy atom. The third kappa shape index (κ3) is 4.64. The molecule has 2 N–H and O–H groups in total. The molecule has 1 aromatic rings. The lowest BCUT2D eigenvalue weighted by Crippen LogP contribution is -2.38. The highest BCUT2D eigenvalue weighted by atomic mass is 79.9. The summed E-state index contributed by atoms with van der Waals surface area (Å²) in [4.78, 5) is 4.29. The SMILES string of the molecule is CCNc1ncc(Br)cc1S(=O)(=O)N(CCCO)C(C)C. The van der Waals surface area contributed by atoms with E-state index in [4.69, 9.17) is 5.11 Å². The Balaban J connectivity index is 3.29. The van der Waals surface area contributed by atoms with Crippen molar-refractivity contribution in [2.24, 2.45) is 0 Å². The summed E-state index contributed by atoms with van der Waals surface area (Å²) >= 11 is 3.27. The molecule has 0 saturated heterocycles. The lowest BCUT2D eigenvalue weighted by Gasteiger charge is -2.26. The van der Waals surface area contributed by atoms with Crippen LogP contribution in [0.4, 0.5) is 5.82 Å². The van der Waals surface area contributed by atoms with Crippen LogP contribution in [0.5, 0.6) is 0 Å². The number of anilines is 1. The standard InChI is InChI=1S/C13H22BrN3O3S/c1-4-15-13-12(8-11(14)9-16-13)21(19,20)17(10(2)3)6-5-7-18/h8-10,18H,4-7H2,1-3H3,(H,15,16). The zero-order valence-corrected chi connectivity index (χ0v) is 14.9. The van der Waals surface area contributed by atoms with Gasteiger partial charge in [-0.1, -0.05) is 0 Å². The third-order valence-corrected chi connectivity index (χ3v) is 5.39. The van der Waals surface area contributed by atoms with Crippen LogP contribution in [0.2, 0.25) is 0 Å². The van der Waals surface area contributed by atoms with Crippen LogP contribution in [-0.2, 0) is 10.0 Å². The molecule has 0 aliphatic rings. The number of hydrogen-bond donors (Lipinski definition) is 2. The number of aromatic nitrogens is 1. The second-order valence-electron chi connectivity index (χ2n) is 4.82. The molecule has 120 valence electrons. The van der Waals surface area contributed by atoms with E-state index in [1.165, 1.54) is 4.31 Å². The largest absolute Gasteiger partial charge is 0.396 e. The summed E-state index contributed by atoms with van der Waals surface area (Å²) in [6.45, 7) is 6.31. The Labute approximate surface area is 134 Å². The molecule has 0 spiro atoms. The van der Waals surface area contributed by atoms with E-state index in [9.17, 15) is 8.42 Å². The zero-order valence-electron chi connectivity index (χ0n) is 12.5. The number of nitrogens with one attached hydrogen (secondary N) is 1. The third-order valence-electron chi connectivity index (χ3n) is 2.86. The van der Waals surface area contributed by atoms with Gasteiger partial charge in [0.2, 0.25) is 10.0 Å². The number of sulfonamides is 1. The number of nitrogens with zero attached hydrogens (tertiary/aromatic N) is 2. The van der Waals surface area contributed by atoms with Gasteiger partial charge in [-0.2, -0.15) is 4.31 Å². The molecule has 0 aliphatic heterocycles. The van der Waals surface area contributed by atoms with E-state index in [1.807, 2.05) is 20.8 Å². The second kappa shape index (κ2) is 8.07. The first-order chi connectivity index (χ1) is 9.84. The summed E-state index contributed by atoms with van der Waals surface area (Å²) in [6.07, 6.45) is 1.96. The van der Waals surface area contributed by atoms with Gasteiger partial charge in [0.1, 0.15) is 10.7 Å². The molecule has 1 aromatic heterocycles. The van der Waals surface area contributed by atoms with Crippen LogP contribution in [0.3, 0.4) is 0 Å². The van der Waals surface area contributed by atoms with Crippen molar-refractivity contribution >= 4 is 31.8 Å². The van der Waals surface area contributed by atoms with Gasteiger partial charge in [0.05, 0.1) is 0 Å². The Hall–Kier alpha value is -0.700. The minimum Gasteiger partial charge on any atom is -0.396 e. The highest BCUT2D eigenvalue weighted by Gasteiger charge is 2.29. The lowest BCUT2D eigenvalue weighted by atomic mass is 10.3. The first kappa shape index (κ1) is 18.3. The van der Waals surface area contributed by atoms with Crippen molar-refractivity contribution in [3.63, 3.8) is 0 Å². The summed E-state index contributed by atoms with van der Waals surface area (Å²) in [5.41, 5.74) is 0. The molecule has 0 radical (unpaired) electrons. The van der Waals surface area contributed by atoms with Crippen LogP contribution in [-0.4, -0.2) is 48.6 Å². The molecule has 0 aromatic carbocycles. The predicted molar refractivity (Wildman–Crippen MR) is 86.8 cm³/mol. The molecular weight excluding hydrogens is 358 g/mol. The molecule has 1 rings (SSSR count). The maximum absolute atomic E-state index is 12.9. The number of hydrogen-bond acceptors (Lipinski definition) is 5. The van der Waals surface area contributed by atoms with Crippen molar-refractivity contribution in [1.82, 2.24) is 9.29 Å². The first-order valence-corrected chi connectivity index (χ1v) is 9.10. The van der Waals surface area contributed by atoms with Crippen LogP contribution in [0.25, 0.3) is 0 Å². The minimum atomic E-state index is -3.68.